The second-order valence-electron chi connectivity index (χ2n) is 7.23. The van der Waals surface area contributed by atoms with Gasteiger partial charge in [-0.2, -0.15) is 0 Å². The molecule has 0 unspecified atom stereocenters. The number of benzene rings is 2. The molecule has 1 N–H and O–H groups in total. The molecule has 1 amide bonds. The number of rotatable bonds is 7. The normalized spacial score (nSPS) is 13.8. The predicted molar refractivity (Wildman–Crippen MR) is 108 cm³/mol. The van der Waals surface area contributed by atoms with Gasteiger partial charge in [-0.25, -0.2) is 4.79 Å². The molecule has 1 atom stereocenters. The molecule has 1 aliphatic heterocycles. The van der Waals surface area contributed by atoms with Crippen LogP contribution >= 0.6 is 0 Å². The summed E-state index contributed by atoms with van der Waals surface area (Å²) in [6, 6.07) is 17.2. The maximum atomic E-state index is 12.4. The van der Waals surface area contributed by atoms with E-state index in [1.807, 2.05) is 54.6 Å². The minimum atomic E-state index is -0.537. The van der Waals surface area contributed by atoms with E-state index in [0.717, 1.165) is 23.3 Å². The van der Waals surface area contributed by atoms with Gasteiger partial charge < -0.3 is 14.8 Å². The third-order valence-corrected chi connectivity index (χ3v) is 4.47. The average molecular weight is 379 g/mol. The average Bonchev–Trinajstić information content (AvgIpc) is 2.71. The molecular formula is C23H25NO4. The van der Waals surface area contributed by atoms with Crippen molar-refractivity contribution in [1.82, 2.24) is 5.32 Å². The molecule has 0 saturated carbocycles. The summed E-state index contributed by atoms with van der Waals surface area (Å²) < 4.78 is 10.8. The van der Waals surface area contributed by atoms with Gasteiger partial charge in [0.15, 0.2) is 6.61 Å². The molecule has 2 aromatic carbocycles. The van der Waals surface area contributed by atoms with Crippen LogP contribution in [0.1, 0.15) is 37.4 Å². The Morgan fingerprint density at radius 2 is 1.79 bits per heavy atom. The lowest BCUT2D eigenvalue weighted by molar-refractivity contribution is -0.145. The highest BCUT2D eigenvalue weighted by molar-refractivity contribution is 5.96. The Morgan fingerprint density at radius 1 is 1.07 bits per heavy atom. The Labute approximate surface area is 165 Å². The summed E-state index contributed by atoms with van der Waals surface area (Å²) in [5.41, 5.74) is 2.26. The summed E-state index contributed by atoms with van der Waals surface area (Å²) in [6.45, 7) is 4.03. The van der Waals surface area contributed by atoms with Gasteiger partial charge in [-0.1, -0.05) is 62.4 Å². The van der Waals surface area contributed by atoms with Crippen LogP contribution < -0.4 is 10.1 Å². The smallest absolute Gasteiger partial charge is 0.338 e. The number of fused-ring (bicyclic) bond motifs is 1. The van der Waals surface area contributed by atoms with Gasteiger partial charge in [0.2, 0.25) is 0 Å². The number of carbonyl (C=O) groups is 2. The molecule has 0 spiro atoms. The van der Waals surface area contributed by atoms with Gasteiger partial charge in [-0.15, -0.1) is 0 Å². The standard InChI is InChI=1S/C23H25NO4/c1-16(2)12-20(17-8-4-3-5-9-17)24-22(25)15-28-23(26)19-13-18-10-6-7-11-21(18)27-14-19/h3-11,13,16,20H,12,14-15H2,1-2H3,(H,24,25)/t20-/m1/s1. The molecule has 0 aliphatic carbocycles. The van der Waals surface area contributed by atoms with E-state index >= 15 is 0 Å². The lowest BCUT2D eigenvalue weighted by Gasteiger charge is -2.21. The third-order valence-electron chi connectivity index (χ3n) is 4.47. The van der Waals surface area contributed by atoms with Gasteiger partial charge in [0, 0.05) is 5.56 Å². The molecule has 146 valence electrons. The van der Waals surface area contributed by atoms with Crippen molar-refractivity contribution >= 4 is 18.0 Å². The molecule has 28 heavy (non-hydrogen) atoms. The number of amides is 1. The summed E-state index contributed by atoms with van der Waals surface area (Å²) in [7, 11) is 0. The minimum absolute atomic E-state index is 0.114. The molecule has 0 saturated heterocycles. The van der Waals surface area contributed by atoms with Crippen LogP contribution in [0.15, 0.2) is 60.2 Å². The van der Waals surface area contributed by atoms with Crippen LogP contribution in [0, 0.1) is 5.92 Å². The summed E-state index contributed by atoms with van der Waals surface area (Å²) >= 11 is 0. The van der Waals surface area contributed by atoms with E-state index in [1.54, 1.807) is 6.08 Å². The molecule has 1 heterocycles. The van der Waals surface area contributed by atoms with E-state index in [4.69, 9.17) is 9.47 Å². The molecule has 0 bridgehead atoms. The van der Waals surface area contributed by atoms with Crippen molar-refractivity contribution in [3.63, 3.8) is 0 Å². The number of esters is 1. The summed E-state index contributed by atoms with van der Waals surface area (Å²) in [5, 5.41) is 2.97. The van der Waals surface area contributed by atoms with E-state index in [1.165, 1.54) is 0 Å². The first-order valence-corrected chi connectivity index (χ1v) is 9.46. The van der Waals surface area contributed by atoms with E-state index in [0.29, 0.717) is 11.5 Å². The van der Waals surface area contributed by atoms with Crippen molar-refractivity contribution in [2.24, 2.45) is 5.92 Å². The minimum Gasteiger partial charge on any atom is -0.488 e. The Bertz CT molecular complexity index is 858. The summed E-state index contributed by atoms with van der Waals surface area (Å²) in [6.07, 6.45) is 2.55. The zero-order valence-corrected chi connectivity index (χ0v) is 16.2. The first-order chi connectivity index (χ1) is 13.5. The maximum Gasteiger partial charge on any atom is 0.338 e. The Morgan fingerprint density at radius 3 is 2.54 bits per heavy atom. The number of para-hydroxylation sites is 1. The van der Waals surface area contributed by atoms with Crippen LogP contribution in [-0.2, 0) is 14.3 Å². The molecule has 0 fully saturated rings. The monoisotopic (exact) mass is 379 g/mol. The zero-order valence-electron chi connectivity index (χ0n) is 16.2. The van der Waals surface area contributed by atoms with Crippen LogP contribution in [0.3, 0.4) is 0 Å². The van der Waals surface area contributed by atoms with Crippen LogP contribution in [0.5, 0.6) is 5.75 Å². The van der Waals surface area contributed by atoms with Crippen LogP contribution in [0.4, 0.5) is 0 Å². The lowest BCUT2D eigenvalue weighted by Crippen LogP contribution is -2.33. The number of carbonyl (C=O) groups excluding carboxylic acids is 2. The maximum absolute atomic E-state index is 12.4. The van der Waals surface area contributed by atoms with Crippen molar-refractivity contribution in [1.29, 1.82) is 0 Å². The van der Waals surface area contributed by atoms with E-state index < -0.39 is 5.97 Å². The molecule has 0 aromatic heterocycles. The highest BCUT2D eigenvalue weighted by Crippen LogP contribution is 2.26. The quantitative estimate of drug-likeness (QED) is 0.741. The van der Waals surface area contributed by atoms with Crippen molar-refractivity contribution in [3.05, 3.63) is 71.3 Å². The predicted octanol–water partition coefficient (Wildman–Crippen LogP) is 3.91. The second kappa shape index (κ2) is 9.22. The van der Waals surface area contributed by atoms with Gasteiger partial charge in [0.05, 0.1) is 11.6 Å². The molecule has 2 aromatic rings. The fourth-order valence-electron chi connectivity index (χ4n) is 3.13. The van der Waals surface area contributed by atoms with E-state index in [2.05, 4.69) is 19.2 Å². The number of hydrogen-bond acceptors (Lipinski definition) is 4. The largest absolute Gasteiger partial charge is 0.488 e. The summed E-state index contributed by atoms with van der Waals surface area (Å²) in [4.78, 5) is 24.7. The Balaban J connectivity index is 1.57. The highest BCUT2D eigenvalue weighted by Gasteiger charge is 2.21. The van der Waals surface area contributed by atoms with Crippen molar-refractivity contribution < 1.29 is 19.1 Å². The molecule has 5 nitrogen and oxygen atoms in total. The second-order valence-corrected chi connectivity index (χ2v) is 7.23. The Kier molecular flexibility index (Phi) is 6.48. The zero-order chi connectivity index (χ0) is 19.9. The van der Waals surface area contributed by atoms with Gasteiger partial charge in [-0.3, -0.25) is 4.79 Å². The molecule has 3 rings (SSSR count). The fraction of sp³-hybridized carbons (Fsp3) is 0.304. The van der Waals surface area contributed by atoms with Gasteiger partial charge >= 0.3 is 5.97 Å². The van der Waals surface area contributed by atoms with Crippen LogP contribution in [0.2, 0.25) is 0 Å². The summed E-state index contributed by atoms with van der Waals surface area (Å²) in [5.74, 6) is 0.291. The van der Waals surface area contributed by atoms with Crippen molar-refractivity contribution in [2.45, 2.75) is 26.3 Å². The van der Waals surface area contributed by atoms with Gasteiger partial charge in [0.25, 0.3) is 5.91 Å². The van der Waals surface area contributed by atoms with Crippen molar-refractivity contribution in [3.8, 4) is 5.75 Å². The number of hydrogen-bond donors (Lipinski definition) is 1. The SMILES string of the molecule is CC(C)C[C@@H](NC(=O)COC(=O)C1=Cc2ccccc2OC1)c1ccccc1. The highest BCUT2D eigenvalue weighted by atomic mass is 16.5. The first-order valence-electron chi connectivity index (χ1n) is 9.46. The van der Waals surface area contributed by atoms with Crippen LogP contribution in [-0.4, -0.2) is 25.1 Å². The Hall–Kier alpha value is -3.08. The molecular weight excluding hydrogens is 354 g/mol. The molecule has 5 heteroatoms. The molecule has 1 aliphatic rings. The van der Waals surface area contributed by atoms with E-state index in [9.17, 15) is 9.59 Å². The van der Waals surface area contributed by atoms with E-state index in [-0.39, 0.29) is 25.2 Å². The van der Waals surface area contributed by atoms with Crippen molar-refractivity contribution in [2.75, 3.05) is 13.2 Å². The topological polar surface area (TPSA) is 64.6 Å². The third kappa shape index (κ3) is 5.22. The van der Waals surface area contributed by atoms with Crippen LogP contribution in [0.25, 0.3) is 6.08 Å². The first kappa shape index (κ1) is 19.7. The lowest BCUT2D eigenvalue weighted by atomic mass is 9.97. The number of nitrogens with one attached hydrogen (secondary N) is 1. The molecule has 0 radical (unpaired) electrons. The van der Waals surface area contributed by atoms with Gasteiger partial charge in [0.1, 0.15) is 12.4 Å². The number of ether oxygens (including phenoxy) is 2. The van der Waals surface area contributed by atoms with Gasteiger partial charge in [-0.05, 0) is 30.0 Å². The fourth-order valence-corrected chi connectivity index (χ4v) is 3.13.